The van der Waals surface area contributed by atoms with Crippen LogP contribution in [0, 0.1) is 46.3 Å². The Morgan fingerprint density at radius 3 is 2.51 bits per heavy atom. The predicted octanol–water partition coefficient (Wildman–Crippen LogP) is 3.04. The van der Waals surface area contributed by atoms with Crippen LogP contribution in [0.3, 0.4) is 0 Å². The van der Waals surface area contributed by atoms with E-state index in [9.17, 15) is 24.9 Å². The van der Waals surface area contributed by atoms with Gasteiger partial charge in [0.2, 0.25) is 5.91 Å². The molecule has 4 N–H and O–H groups in total. The van der Waals surface area contributed by atoms with Crippen molar-refractivity contribution in [2.24, 2.45) is 46.3 Å². The Hall–Kier alpha value is -1.18. The number of nitrogens with one attached hydrogen (secondary N) is 1. The summed E-state index contributed by atoms with van der Waals surface area (Å²) in [6.45, 7) is 8.72. The molecule has 0 aromatic rings. The molecule has 4 rings (SSSR count). The van der Waals surface area contributed by atoms with Gasteiger partial charge in [0.15, 0.2) is 0 Å². The molecule has 1 unspecified atom stereocenters. The summed E-state index contributed by atoms with van der Waals surface area (Å²) < 4.78 is 4.87. The molecule has 7 heteroatoms. The lowest BCUT2D eigenvalue weighted by Gasteiger charge is -2.63. The number of ether oxygens (including phenoxy) is 1. The van der Waals surface area contributed by atoms with Crippen molar-refractivity contribution in [3.63, 3.8) is 0 Å². The maximum atomic E-state index is 12.3. The second-order valence-corrected chi connectivity index (χ2v) is 12.6. The predicted molar refractivity (Wildman–Crippen MR) is 132 cm³/mol. The number of hydrogen-bond donors (Lipinski definition) is 4. The third kappa shape index (κ3) is 4.77. The SMILES string of the molecule is CCOC(=O)CNC(=O)CC[C@@H](C)[C@H]1CC[C@H]2[C@@H]3[C@H](O)C[C@@H]4C[C@H](O)CCC4(C)[C@H]3C[C@H](O)[C@]12C. The summed E-state index contributed by atoms with van der Waals surface area (Å²) in [5.41, 5.74) is -0.188. The van der Waals surface area contributed by atoms with Crippen molar-refractivity contribution in [2.75, 3.05) is 13.2 Å². The summed E-state index contributed by atoms with van der Waals surface area (Å²) >= 11 is 0. The molecule has 0 heterocycles. The van der Waals surface area contributed by atoms with Gasteiger partial charge in [-0.3, -0.25) is 9.59 Å². The molecule has 0 radical (unpaired) electrons. The van der Waals surface area contributed by atoms with E-state index in [1.165, 1.54) is 0 Å². The van der Waals surface area contributed by atoms with E-state index < -0.39 is 12.1 Å². The molecule has 0 aromatic carbocycles. The number of rotatable bonds is 7. The standard InChI is InChI=1S/C28H47NO6/c1-5-35-25(34)15-29-24(33)9-6-16(2)19-7-8-20-26-21(14-23(32)28(19,20)4)27(3)11-10-18(30)12-17(27)13-22(26)31/h16-23,26,30-32H,5-15H2,1-4H3,(H,29,33)/t16-,17+,18-,19-,20+,21+,22-,23+,26+,27?,28-/m1/s1. The molecule has 11 atom stereocenters. The lowest BCUT2D eigenvalue weighted by Crippen LogP contribution is -2.62. The highest BCUT2D eigenvalue weighted by molar-refractivity contribution is 5.81. The Balaban J connectivity index is 1.43. The van der Waals surface area contributed by atoms with Crippen molar-refractivity contribution in [3.05, 3.63) is 0 Å². The van der Waals surface area contributed by atoms with E-state index in [0.29, 0.717) is 37.2 Å². The Bertz CT molecular complexity index is 789. The Kier molecular flexibility index (Phi) is 7.90. The summed E-state index contributed by atoms with van der Waals surface area (Å²) in [6.07, 6.45) is 6.09. The molecule has 0 aromatic heterocycles. The molecule has 0 spiro atoms. The highest BCUT2D eigenvalue weighted by Crippen LogP contribution is 2.68. The van der Waals surface area contributed by atoms with Gasteiger partial charge < -0.3 is 25.4 Å². The summed E-state index contributed by atoms with van der Waals surface area (Å²) in [5, 5.41) is 36.0. The van der Waals surface area contributed by atoms with Crippen molar-refractivity contribution in [2.45, 2.75) is 104 Å². The number of fused-ring (bicyclic) bond motifs is 5. The highest BCUT2D eigenvalue weighted by atomic mass is 16.5. The van der Waals surface area contributed by atoms with E-state index in [0.717, 1.165) is 44.9 Å². The minimum Gasteiger partial charge on any atom is -0.465 e. The van der Waals surface area contributed by atoms with Crippen molar-refractivity contribution < 1.29 is 29.6 Å². The topological polar surface area (TPSA) is 116 Å². The molecule has 4 fully saturated rings. The van der Waals surface area contributed by atoms with Gasteiger partial charge >= 0.3 is 5.97 Å². The fourth-order valence-corrected chi connectivity index (χ4v) is 9.16. The van der Waals surface area contributed by atoms with Gasteiger partial charge in [-0.25, -0.2) is 0 Å². The average Bonchev–Trinajstić information content (AvgIpc) is 3.16. The first-order chi connectivity index (χ1) is 16.5. The molecule has 4 saturated carbocycles. The van der Waals surface area contributed by atoms with Gasteiger partial charge in [0, 0.05) is 6.42 Å². The third-order valence-electron chi connectivity index (χ3n) is 11.1. The first kappa shape index (κ1) is 26.9. The Labute approximate surface area is 210 Å². The molecule has 0 bridgehead atoms. The zero-order valence-electron chi connectivity index (χ0n) is 22.0. The van der Waals surface area contributed by atoms with Crippen LogP contribution in [-0.2, 0) is 14.3 Å². The van der Waals surface area contributed by atoms with E-state index in [1.54, 1.807) is 6.92 Å². The number of aliphatic hydroxyl groups excluding tert-OH is 3. The summed E-state index contributed by atoms with van der Waals surface area (Å²) in [5.74, 6) is 1.09. The van der Waals surface area contributed by atoms with Crippen molar-refractivity contribution in [1.29, 1.82) is 0 Å². The van der Waals surface area contributed by atoms with Gasteiger partial charge in [-0.2, -0.15) is 0 Å². The van der Waals surface area contributed by atoms with Crippen LogP contribution in [0.5, 0.6) is 0 Å². The second kappa shape index (κ2) is 10.3. The van der Waals surface area contributed by atoms with E-state index in [2.05, 4.69) is 26.1 Å². The van der Waals surface area contributed by atoms with Crippen molar-refractivity contribution >= 4 is 11.9 Å². The molecule has 0 saturated heterocycles. The number of hydrogen-bond acceptors (Lipinski definition) is 6. The van der Waals surface area contributed by atoms with Crippen LogP contribution in [0.25, 0.3) is 0 Å². The molecule has 1 amide bonds. The van der Waals surface area contributed by atoms with Gasteiger partial charge in [0.1, 0.15) is 6.54 Å². The average molecular weight is 494 g/mol. The minimum absolute atomic E-state index is 0.0755. The molecule has 200 valence electrons. The van der Waals surface area contributed by atoms with E-state index in [1.807, 2.05) is 0 Å². The summed E-state index contributed by atoms with van der Waals surface area (Å²) in [6, 6.07) is 0. The van der Waals surface area contributed by atoms with Gasteiger partial charge in [-0.15, -0.1) is 0 Å². The van der Waals surface area contributed by atoms with Crippen LogP contribution < -0.4 is 5.32 Å². The number of amides is 1. The smallest absolute Gasteiger partial charge is 0.325 e. The number of carbonyl (C=O) groups is 2. The fourth-order valence-electron chi connectivity index (χ4n) is 9.16. The maximum absolute atomic E-state index is 12.3. The second-order valence-electron chi connectivity index (χ2n) is 12.6. The highest BCUT2D eigenvalue weighted by Gasteiger charge is 2.65. The van der Waals surface area contributed by atoms with Crippen LogP contribution in [-0.4, -0.2) is 58.7 Å². The Morgan fingerprint density at radius 2 is 1.80 bits per heavy atom. The van der Waals surface area contributed by atoms with Gasteiger partial charge in [0.05, 0.1) is 24.9 Å². The molecule has 35 heavy (non-hydrogen) atoms. The molecule has 0 aliphatic heterocycles. The largest absolute Gasteiger partial charge is 0.465 e. The molecule has 7 nitrogen and oxygen atoms in total. The molecule has 4 aliphatic carbocycles. The number of aliphatic hydroxyl groups is 3. The van der Waals surface area contributed by atoms with Crippen molar-refractivity contribution in [1.82, 2.24) is 5.32 Å². The van der Waals surface area contributed by atoms with Crippen LogP contribution >= 0.6 is 0 Å². The first-order valence-electron chi connectivity index (χ1n) is 14.0. The van der Waals surface area contributed by atoms with E-state index >= 15 is 0 Å². The monoisotopic (exact) mass is 493 g/mol. The molecular weight excluding hydrogens is 446 g/mol. The number of esters is 1. The van der Waals surface area contributed by atoms with Crippen LogP contribution in [0.4, 0.5) is 0 Å². The fraction of sp³-hybridized carbons (Fsp3) is 0.929. The summed E-state index contributed by atoms with van der Waals surface area (Å²) in [4.78, 5) is 23.8. The molecular formula is C28H47NO6. The summed E-state index contributed by atoms with van der Waals surface area (Å²) in [7, 11) is 0. The zero-order chi connectivity index (χ0) is 25.5. The third-order valence-corrected chi connectivity index (χ3v) is 11.1. The zero-order valence-corrected chi connectivity index (χ0v) is 22.0. The van der Waals surface area contributed by atoms with E-state index in [-0.39, 0.29) is 53.2 Å². The van der Waals surface area contributed by atoms with Crippen LogP contribution in [0.1, 0.15) is 85.5 Å². The lowest BCUT2D eigenvalue weighted by atomic mass is 9.43. The van der Waals surface area contributed by atoms with Gasteiger partial charge in [-0.1, -0.05) is 20.8 Å². The maximum Gasteiger partial charge on any atom is 0.325 e. The quantitative estimate of drug-likeness (QED) is 0.405. The number of carbonyl (C=O) groups excluding carboxylic acids is 2. The van der Waals surface area contributed by atoms with Crippen molar-refractivity contribution in [3.8, 4) is 0 Å². The van der Waals surface area contributed by atoms with Gasteiger partial charge in [-0.05, 0) is 105 Å². The normalized spacial score (nSPS) is 45.6. The van der Waals surface area contributed by atoms with Crippen LogP contribution in [0.15, 0.2) is 0 Å². The minimum atomic E-state index is -0.422. The van der Waals surface area contributed by atoms with Gasteiger partial charge in [0.25, 0.3) is 0 Å². The molecule has 4 aliphatic rings. The van der Waals surface area contributed by atoms with Crippen LogP contribution in [0.2, 0.25) is 0 Å². The lowest BCUT2D eigenvalue weighted by molar-refractivity contribution is -0.207. The first-order valence-corrected chi connectivity index (χ1v) is 14.0. The van der Waals surface area contributed by atoms with E-state index in [4.69, 9.17) is 4.74 Å². The Morgan fingerprint density at radius 1 is 1.06 bits per heavy atom.